The SMILES string of the molecule is O=C1C=CC2C=CC=CC2/C1=C/C=C1\C=CC2C(Br)=CC(Br)=C(O)C2N1. The van der Waals surface area contributed by atoms with Gasteiger partial charge in [-0.3, -0.25) is 4.79 Å². The number of carbonyl (C=O) groups is 1. The van der Waals surface area contributed by atoms with Crippen LogP contribution in [0, 0.1) is 17.8 Å². The summed E-state index contributed by atoms with van der Waals surface area (Å²) in [5.41, 5.74) is 1.65. The lowest BCUT2D eigenvalue weighted by atomic mass is 9.77. The van der Waals surface area contributed by atoms with E-state index >= 15 is 0 Å². The van der Waals surface area contributed by atoms with Crippen LogP contribution in [0.25, 0.3) is 0 Å². The minimum Gasteiger partial charge on any atom is -0.509 e. The van der Waals surface area contributed by atoms with Crippen LogP contribution in [0.5, 0.6) is 0 Å². The Balaban J connectivity index is 1.63. The molecule has 0 saturated heterocycles. The van der Waals surface area contributed by atoms with Crippen LogP contribution >= 0.6 is 31.9 Å². The summed E-state index contributed by atoms with van der Waals surface area (Å²) in [5, 5.41) is 13.7. The molecule has 0 aromatic heterocycles. The molecular weight excluding hydrogens is 458 g/mol. The van der Waals surface area contributed by atoms with E-state index in [4.69, 9.17) is 0 Å². The van der Waals surface area contributed by atoms with E-state index in [0.717, 1.165) is 15.8 Å². The third kappa shape index (κ3) is 3.14. The van der Waals surface area contributed by atoms with Gasteiger partial charge in [-0.15, -0.1) is 0 Å². The zero-order chi connectivity index (χ0) is 18.3. The molecule has 0 saturated carbocycles. The molecule has 4 atom stereocenters. The number of carbonyl (C=O) groups excluding carboxylic acids is 1. The van der Waals surface area contributed by atoms with Crippen molar-refractivity contribution in [3.05, 3.63) is 92.8 Å². The minimum absolute atomic E-state index is 0.0505. The van der Waals surface area contributed by atoms with Crippen LogP contribution in [-0.2, 0) is 4.79 Å². The molecule has 3 nitrogen and oxygen atoms in total. The number of allylic oxidation sites excluding steroid dienone is 12. The van der Waals surface area contributed by atoms with Gasteiger partial charge in [-0.2, -0.15) is 0 Å². The zero-order valence-corrected chi connectivity index (χ0v) is 16.9. The normalized spacial score (nSPS) is 35.5. The van der Waals surface area contributed by atoms with E-state index in [1.165, 1.54) is 0 Å². The molecule has 2 N–H and O–H groups in total. The molecule has 4 rings (SSSR count). The summed E-state index contributed by atoms with van der Waals surface area (Å²) in [6.07, 6.45) is 21.5. The molecule has 0 spiro atoms. The molecule has 0 aromatic carbocycles. The molecule has 132 valence electrons. The van der Waals surface area contributed by atoms with Gasteiger partial charge in [0, 0.05) is 33.5 Å². The highest BCUT2D eigenvalue weighted by Crippen LogP contribution is 2.38. The van der Waals surface area contributed by atoms with E-state index in [-0.39, 0.29) is 35.3 Å². The molecule has 0 fully saturated rings. The number of ketones is 1. The van der Waals surface area contributed by atoms with E-state index in [1.54, 1.807) is 6.08 Å². The quantitative estimate of drug-likeness (QED) is 0.531. The Morgan fingerprint density at radius 1 is 1.00 bits per heavy atom. The maximum absolute atomic E-state index is 12.3. The maximum atomic E-state index is 12.3. The van der Waals surface area contributed by atoms with Crippen molar-refractivity contribution in [2.24, 2.45) is 17.8 Å². The van der Waals surface area contributed by atoms with Crippen LogP contribution in [0.1, 0.15) is 0 Å². The van der Waals surface area contributed by atoms with Crippen molar-refractivity contribution in [2.75, 3.05) is 0 Å². The number of rotatable bonds is 1. The highest BCUT2D eigenvalue weighted by molar-refractivity contribution is 9.12. The van der Waals surface area contributed by atoms with E-state index in [0.29, 0.717) is 4.48 Å². The Labute approximate surface area is 169 Å². The number of halogens is 2. The maximum Gasteiger partial charge on any atom is 0.182 e. The van der Waals surface area contributed by atoms with Gasteiger partial charge >= 0.3 is 0 Å². The number of aliphatic hydroxyl groups is 1. The van der Waals surface area contributed by atoms with Crippen LogP contribution in [0.15, 0.2) is 92.8 Å². The summed E-state index contributed by atoms with van der Waals surface area (Å²) in [4.78, 5) is 12.3. The molecule has 26 heavy (non-hydrogen) atoms. The van der Waals surface area contributed by atoms with Crippen molar-refractivity contribution < 1.29 is 9.90 Å². The topological polar surface area (TPSA) is 49.3 Å². The van der Waals surface area contributed by atoms with Gasteiger partial charge in [0.05, 0.1) is 10.5 Å². The Morgan fingerprint density at radius 2 is 1.81 bits per heavy atom. The predicted octanol–water partition coefficient (Wildman–Crippen LogP) is 4.90. The highest BCUT2D eigenvalue weighted by Gasteiger charge is 2.33. The van der Waals surface area contributed by atoms with E-state index in [1.807, 2.05) is 42.5 Å². The molecule has 3 aliphatic carbocycles. The van der Waals surface area contributed by atoms with Crippen LogP contribution < -0.4 is 5.32 Å². The van der Waals surface area contributed by atoms with Gasteiger partial charge in [0.1, 0.15) is 5.76 Å². The molecule has 5 heteroatoms. The van der Waals surface area contributed by atoms with Crippen molar-refractivity contribution >= 4 is 37.6 Å². The Morgan fingerprint density at radius 3 is 2.65 bits per heavy atom. The second-order valence-electron chi connectivity index (χ2n) is 6.61. The van der Waals surface area contributed by atoms with Gasteiger partial charge in [-0.1, -0.05) is 58.5 Å². The average Bonchev–Trinajstić information content (AvgIpc) is 2.65. The molecule has 0 radical (unpaired) electrons. The summed E-state index contributed by atoms with van der Waals surface area (Å²) in [6.45, 7) is 0. The largest absolute Gasteiger partial charge is 0.509 e. The molecule has 0 aromatic rings. The first-order chi connectivity index (χ1) is 12.5. The summed E-state index contributed by atoms with van der Waals surface area (Å²) in [5.74, 6) is 0.705. The fraction of sp³-hybridized carbons (Fsp3) is 0.190. The monoisotopic (exact) mass is 473 g/mol. The van der Waals surface area contributed by atoms with E-state index < -0.39 is 0 Å². The Hall–Kier alpha value is -1.85. The lowest BCUT2D eigenvalue weighted by Gasteiger charge is -2.33. The molecule has 1 heterocycles. The van der Waals surface area contributed by atoms with E-state index in [2.05, 4.69) is 55.4 Å². The van der Waals surface area contributed by atoms with Gasteiger partial charge < -0.3 is 10.4 Å². The number of hydrogen-bond donors (Lipinski definition) is 2. The number of hydrogen-bond acceptors (Lipinski definition) is 3. The number of fused-ring (bicyclic) bond motifs is 2. The molecule has 0 bridgehead atoms. The van der Waals surface area contributed by atoms with Gasteiger partial charge in [-0.05, 0) is 40.2 Å². The third-order valence-electron chi connectivity index (χ3n) is 5.02. The van der Waals surface area contributed by atoms with Crippen LogP contribution in [-0.4, -0.2) is 16.9 Å². The fourth-order valence-corrected chi connectivity index (χ4v) is 5.07. The van der Waals surface area contributed by atoms with Crippen molar-refractivity contribution in [3.8, 4) is 0 Å². The van der Waals surface area contributed by atoms with Crippen LogP contribution in [0.2, 0.25) is 0 Å². The van der Waals surface area contributed by atoms with Crippen LogP contribution in [0.3, 0.4) is 0 Å². The zero-order valence-electron chi connectivity index (χ0n) is 13.8. The standard InChI is InChI=1S/C21H17Br2NO2/c22-17-11-18(23)21(26)20-16(17)9-7-13(24-20)6-8-15-14-4-2-1-3-12(14)5-10-19(15)25/h1-12,14,16,20,24,26H/b13-6+,15-8-. The van der Waals surface area contributed by atoms with Gasteiger partial charge in [0.25, 0.3) is 0 Å². The summed E-state index contributed by atoms with van der Waals surface area (Å²) >= 11 is 6.95. The molecule has 4 unspecified atom stereocenters. The Kier molecular flexibility index (Phi) is 4.76. The molecule has 0 amide bonds. The van der Waals surface area contributed by atoms with Gasteiger partial charge in [0.2, 0.25) is 0 Å². The van der Waals surface area contributed by atoms with Crippen LogP contribution in [0.4, 0.5) is 0 Å². The first-order valence-corrected chi connectivity index (χ1v) is 10.0. The number of aliphatic hydroxyl groups excluding tert-OH is 1. The lowest BCUT2D eigenvalue weighted by molar-refractivity contribution is -0.112. The first kappa shape index (κ1) is 17.6. The third-order valence-corrected chi connectivity index (χ3v) is 6.41. The van der Waals surface area contributed by atoms with Crippen molar-refractivity contribution in [1.82, 2.24) is 5.32 Å². The van der Waals surface area contributed by atoms with Crippen molar-refractivity contribution in [2.45, 2.75) is 6.04 Å². The molecular formula is C21H17Br2NO2. The highest BCUT2D eigenvalue weighted by atomic mass is 79.9. The smallest absolute Gasteiger partial charge is 0.182 e. The molecule has 1 aliphatic heterocycles. The number of nitrogens with one attached hydrogen (secondary N) is 1. The second kappa shape index (κ2) is 7.05. The average molecular weight is 475 g/mol. The van der Waals surface area contributed by atoms with Crippen molar-refractivity contribution in [3.63, 3.8) is 0 Å². The second-order valence-corrected chi connectivity index (χ2v) is 8.38. The minimum atomic E-state index is -0.231. The Bertz CT molecular complexity index is 899. The van der Waals surface area contributed by atoms with E-state index in [9.17, 15) is 9.90 Å². The first-order valence-electron chi connectivity index (χ1n) is 8.44. The molecule has 4 aliphatic rings. The van der Waals surface area contributed by atoms with Gasteiger partial charge in [-0.25, -0.2) is 0 Å². The summed E-state index contributed by atoms with van der Waals surface area (Å²) < 4.78 is 1.67. The summed E-state index contributed by atoms with van der Waals surface area (Å²) in [7, 11) is 0. The van der Waals surface area contributed by atoms with Crippen molar-refractivity contribution in [1.29, 1.82) is 0 Å². The lowest BCUT2D eigenvalue weighted by Crippen LogP contribution is -2.40. The fourth-order valence-electron chi connectivity index (χ4n) is 3.62. The van der Waals surface area contributed by atoms with Gasteiger partial charge in [0.15, 0.2) is 5.78 Å². The predicted molar refractivity (Wildman–Crippen MR) is 111 cm³/mol. The summed E-state index contributed by atoms with van der Waals surface area (Å²) in [6, 6.07) is -0.231.